The van der Waals surface area contributed by atoms with Crippen LogP contribution >= 0.6 is 11.3 Å². The third kappa shape index (κ3) is 4.59. The number of rotatable bonds is 7. The molecule has 0 radical (unpaired) electrons. The van der Waals surface area contributed by atoms with Gasteiger partial charge in [-0.2, -0.15) is 0 Å². The summed E-state index contributed by atoms with van der Waals surface area (Å²) in [5.74, 6) is -0.374. The number of nitrogens with zero attached hydrogens (tertiary/aromatic N) is 2. The molecule has 0 aliphatic carbocycles. The quantitative estimate of drug-likeness (QED) is 0.697. The SMILES string of the molecule is CCCNc1nc(N)c(C(=O)N(C)CC(C)C(=O)NC)s1. The van der Waals surface area contributed by atoms with E-state index in [0.29, 0.717) is 16.6 Å². The average Bonchev–Trinajstić information content (AvgIpc) is 2.84. The Bertz CT molecular complexity index is 503. The van der Waals surface area contributed by atoms with Gasteiger partial charge >= 0.3 is 0 Å². The van der Waals surface area contributed by atoms with Crippen molar-refractivity contribution in [1.82, 2.24) is 15.2 Å². The largest absolute Gasteiger partial charge is 0.382 e. The minimum atomic E-state index is -0.282. The smallest absolute Gasteiger partial charge is 0.267 e. The zero-order valence-electron chi connectivity index (χ0n) is 12.9. The molecule has 1 heterocycles. The molecule has 0 spiro atoms. The Balaban J connectivity index is 2.73. The highest BCUT2D eigenvalue weighted by Gasteiger charge is 2.22. The van der Waals surface area contributed by atoms with Crippen LogP contribution in [0.1, 0.15) is 29.9 Å². The van der Waals surface area contributed by atoms with E-state index in [1.807, 2.05) is 6.92 Å². The van der Waals surface area contributed by atoms with Gasteiger partial charge in [-0.25, -0.2) is 4.98 Å². The normalized spacial score (nSPS) is 11.8. The van der Waals surface area contributed by atoms with Gasteiger partial charge in [0.25, 0.3) is 5.91 Å². The first-order valence-electron chi connectivity index (χ1n) is 6.87. The molecule has 0 bridgehead atoms. The second-order valence-corrected chi connectivity index (χ2v) is 5.86. The lowest BCUT2D eigenvalue weighted by Crippen LogP contribution is -2.37. The van der Waals surface area contributed by atoms with E-state index < -0.39 is 0 Å². The van der Waals surface area contributed by atoms with Gasteiger partial charge in [0.1, 0.15) is 10.7 Å². The number of thiazole rings is 1. The summed E-state index contributed by atoms with van der Waals surface area (Å²) in [6.07, 6.45) is 0.965. The fraction of sp³-hybridized carbons (Fsp3) is 0.615. The number of carbonyl (C=O) groups is 2. The maximum atomic E-state index is 12.4. The van der Waals surface area contributed by atoms with Gasteiger partial charge in [-0.15, -0.1) is 0 Å². The molecule has 2 amide bonds. The fourth-order valence-corrected chi connectivity index (χ4v) is 2.69. The number of hydrogen-bond donors (Lipinski definition) is 3. The number of nitrogen functional groups attached to an aromatic ring is 1. The number of nitrogens with two attached hydrogens (primary N) is 1. The van der Waals surface area contributed by atoms with Gasteiger partial charge < -0.3 is 21.3 Å². The van der Waals surface area contributed by atoms with Crippen LogP contribution in [-0.4, -0.2) is 48.9 Å². The predicted molar refractivity (Wildman–Crippen MR) is 85.5 cm³/mol. The summed E-state index contributed by atoms with van der Waals surface area (Å²) in [4.78, 5) is 29.9. The van der Waals surface area contributed by atoms with Crippen LogP contribution < -0.4 is 16.4 Å². The molecule has 1 aromatic rings. The van der Waals surface area contributed by atoms with Crippen molar-refractivity contribution < 1.29 is 9.59 Å². The summed E-state index contributed by atoms with van der Waals surface area (Å²) in [5, 5.41) is 6.32. The maximum Gasteiger partial charge on any atom is 0.267 e. The molecule has 0 aromatic carbocycles. The fourth-order valence-electron chi connectivity index (χ4n) is 1.79. The highest BCUT2D eigenvalue weighted by molar-refractivity contribution is 7.18. The molecule has 7 nitrogen and oxygen atoms in total. The van der Waals surface area contributed by atoms with Crippen molar-refractivity contribution in [3.63, 3.8) is 0 Å². The topological polar surface area (TPSA) is 100 Å². The van der Waals surface area contributed by atoms with E-state index >= 15 is 0 Å². The van der Waals surface area contributed by atoms with Crippen molar-refractivity contribution in [3.05, 3.63) is 4.88 Å². The van der Waals surface area contributed by atoms with Crippen molar-refractivity contribution in [2.24, 2.45) is 5.92 Å². The second kappa shape index (κ2) is 7.82. The van der Waals surface area contributed by atoms with Gasteiger partial charge in [0.15, 0.2) is 5.13 Å². The minimum Gasteiger partial charge on any atom is -0.382 e. The van der Waals surface area contributed by atoms with Crippen molar-refractivity contribution in [2.45, 2.75) is 20.3 Å². The molecule has 1 aromatic heterocycles. The number of hydrogen-bond acceptors (Lipinski definition) is 6. The van der Waals surface area contributed by atoms with Gasteiger partial charge in [0.05, 0.1) is 5.92 Å². The van der Waals surface area contributed by atoms with E-state index in [9.17, 15) is 9.59 Å². The number of amides is 2. The van der Waals surface area contributed by atoms with Crippen LogP contribution in [0, 0.1) is 5.92 Å². The van der Waals surface area contributed by atoms with Crippen LogP contribution in [0.2, 0.25) is 0 Å². The van der Waals surface area contributed by atoms with Crippen LogP contribution in [-0.2, 0) is 4.79 Å². The third-order valence-electron chi connectivity index (χ3n) is 2.96. The van der Waals surface area contributed by atoms with Crippen LogP contribution in [0.25, 0.3) is 0 Å². The van der Waals surface area contributed by atoms with E-state index in [-0.39, 0.29) is 23.6 Å². The zero-order chi connectivity index (χ0) is 16.0. The summed E-state index contributed by atoms with van der Waals surface area (Å²) in [6.45, 7) is 4.93. The highest BCUT2D eigenvalue weighted by atomic mass is 32.1. The molecule has 1 rings (SSSR count). The Morgan fingerprint density at radius 3 is 2.71 bits per heavy atom. The van der Waals surface area contributed by atoms with Crippen LogP contribution in [0.3, 0.4) is 0 Å². The van der Waals surface area contributed by atoms with Crippen LogP contribution in [0.15, 0.2) is 0 Å². The highest BCUT2D eigenvalue weighted by Crippen LogP contribution is 2.26. The van der Waals surface area contributed by atoms with E-state index in [2.05, 4.69) is 15.6 Å². The lowest BCUT2D eigenvalue weighted by Gasteiger charge is -2.20. The lowest BCUT2D eigenvalue weighted by molar-refractivity contribution is -0.124. The standard InChI is InChI=1S/C13H23N5O2S/c1-5-6-16-13-17-10(14)9(21-13)12(20)18(4)7-8(2)11(19)15-3/h8H,5-7,14H2,1-4H3,(H,15,19)(H,16,17). The van der Waals surface area contributed by atoms with Crippen LogP contribution in [0.4, 0.5) is 10.9 Å². The Kier molecular flexibility index (Phi) is 6.41. The van der Waals surface area contributed by atoms with Crippen molar-refractivity contribution in [2.75, 3.05) is 38.2 Å². The second-order valence-electron chi connectivity index (χ2n) is 4.86. The Morgan fingerprint density at radius 2 is 2.14 bits per heavy atom. The molecule has 21 heavy (non-hydrogen) atoms. The molecule has 0 saturated heterocycles. The lowest BCUT2D eigenvalue weighted by atomic mass is 10.1. The number of nitrogens with one attached hydrogen (secondary N) is 2. The summed E-state index contributed by atoms with van der Waals surface area (Å²) in [7, 11) is 3.23. The first-order chi connectivity index (χ1) is 9.90. The van der Waals surface area contributed by atoms with Gasteiger partial charge in [-0.3, -0.25) is 9.59 Å². The maximum absolute atomic E-state index is 12.4. The first kappa shape index (κ1) is 17.2. The molecule has 0 aliphatic heterocycles. The Labute approximate surface area is 128 Å². The minimum absolute atomic E-state index is 0.0998. The van der Waals surface area contributed by atoms with E-state index in [4.69, 9.17) is 5.73 Å². The average molecular weight is 313 g/mol. The van der Waals surface area contributed by atoms with E-state index in [1.165, 1.54) is 16.2 Å². The van der Waals surface area contributed by atoms with Gasteiger partial charge in [0, 0.05) is 27.2 Å². The van der Waals surface area contributed by atoms with E-state index in [1.54, 1.807) is 21.0 Å². The summed E-state index contributed by atoms with van der Waals surface area (Å²) >= 11 is 1.24. The zero-order valence-corrected chi connectivity index (χ0v) is 13.7. The molecular weight excluding hydrogens is 290 g/mol. The summed E-state index contributed by atoms with van der Waals surface area (Å²) < 4.78 is 0. The summed E-state index contributed by atoms with van der Waals surface area (Å²) in [5.41, 5.74) is 5.80. The van der Waals surface area contributed by atoms with Crippen molar-refractivity contribution in [3.8, 4) is 0 Å². The molecule has 0 saturated carbocycles. The predicted octanol–water partition coefficient (Wildman–Crippen LogP) is 1.00. The summed E-state index contributed by atoms with van der Waals surface area (Å²) in [6, 6.07) is 0. The molecule has 4 N–H and O–H groups in total. The Hall–Kier alpha value is -1.83. The molecule has 8 heteroatoms. The third-order valence-corrected chi connectivity index (χ3v) is 3.98. The monoisotopic (exact) mass is 313 g/mol. The molecular formula is C13H23N5O2S. The molecule has 1 atom stereocenters. The van der Waals surface area contributed by atoms with Crippen molar-refractivity contribution >= 4 is 34.1 Å². The van der Waals surface area contributed by atoms with Gasteiger partial charge in [-0.1, -0.05) is 25.2 Å². The van der Waals surface area contributed by atoms with Crippen molar-refractivity contribution in [1.29, 1.82) is 0 Å². The molecule has 118 valence electrons. The van der Waals surface area contributed by atoms with Crippen LogP contribution in [0.5, 0.6) is 0 Å². The molecule has 1 unspecified atom stereocenters. The number of anilines is 2. The van der Waals surface area contributed by atoms with Gasteiger partial charge in [-0.05, 0) is 6.42 Å². The first-order valence-corrected chi connectivity index (χ1v) is 7.69. The number of carbonyl (C=O) groups excluding carboxylic acids is 2. The molecule has 0 fully saturated rings. The van der Waals surface area contributed by atoms with E-state index in [0.717, 1.165) is 13.0 Å². The number of aromatic nitrogens is 1. The molecule has 0 aliphatic rings. The van der Waals surface area contributed by atoms with Gasteiger partial charge in [0.2, 0.25) is 5.91 Å². The Morgan fingerprint density at radius 1 is 1.48 bits per heavy atom.